The molecule has 0 saturated carbocycles. The van der Waals surface area contributed by atoms with E-state index in [9.17, 15) is 4.79 Å². The maximum Gasteiger partial charge on any atom is 0.257 e. The number of carbonyl (C=O) groups is 1. The fourth-order valence-corrected chi connectivity index (χ4v) is 2.94. The molecule has 1 N–H and O–H groups in total. The largest absolute Gasteiger partial charge is 0.387 e. The van der Waals surface area contributed by atoms with Gasteiger partial charge >= 0.3 is 0 Å². The van der Waals surface area contributed by atoms with E-state index in [4.69, 9.17) is 0 Å². The topological polar surface area (TPSA) is 45.2 Å². The molecule has 104 valence electrons. The normalized spacial score (nSPS) is 23.3. The molecule has 0 aliphatic carbocycles. The number of piperidine rings is 1. The number of rotatable bonds is 2. The quantitative estimate of drug-likeness (QED) is 0.890. The van der Waals surface area contributed by atoms with Crippen LogP contribution in [0.5, 0.6) is 0 Å². The average molecular weight is 261 g/mol. The van der Waals surface area contributed by atoms with Gasteiger partial charge < -0.3 is 10.2 Å². The maximum atomic E-state index is 12.6. The fraction of sp³-hybridized carbons (Fsp3) is 0.600. The van der Waals surface area contributed by atoms with E-state index in [0.29, 0.717) is 17.4 Å². The molecule has 0 radical (unpaired) electrons. The Bertz CT molecular complexity index is 462. The Labute approximate surface area is 115 Å². The van der Waals surface area contributed by atoms with Crippen molar-refractivity contribution in [2.24, 2.45) is 11.8 Å². The van der Waals surface area contributed by atoms with Crippen LogP contribution in [0.4, 0.5) is 5.69 Å². The third kappa shape index (κ3) is 3.06. The number of nitrogens with one attached hydrogen (secondary N) is 1. The number of aromatic nitrogens is 1. The highest BCUT2D eigenvalue weighted by molar-refractivity contribution is 5.99. The van der Waals surface area contributed by atoms with Gasteiger partial charge in [-0.05, 0) is 31.2 Å². The van der Waals surface area contributed by atoms with Crippen LogP contribution < -0.4 is 5.32 Å². The van der Waals surface area contributed by atoms with E-state index in [0.717, 1.165) is 24.5 Å². The van der Waals surface area contributed by atoms with Gasteiger partial charge in [-0.3, -0.25) is 9.78 Å². The predicted molar refractivity (Wildman–Crippen MR) is 77.4 cm³/mol. The minimum Gasteiger partial charge on any atom is -0.387 e. The zero-order valence-corrected chi connectivity index (χ0v) is 12.2. The number of pyridine rings is 1. The number of carbonyl (C=O) groups excluding carboxylic acids is 1. The molecule has 1 aliphatic rings. The molecule has 19 heavy (non-hydrogen) atoms. The van der Waals surface area contributed by atoms with Crippen molar-refractivity contribution in [2.45, 2.75) is 27.2 Å². The first-order valence-corrected chi connectivity index (χ1v) is 6.95. The zero-order chi connectivity index (χ0) is 14.0. The van der Waals surface area contributed by atoms with Crippen molar-refractivity contribution < 1.29 is 4.79 Å². The Balaban J connectivity index is 2.24. The van der Waals surface area contributed by atoms with Gasteiger partial charge in [0.05, 0.1) is 11.3 Å². The van der Waals surface area contributed by atoms with Gasteiger partial charge in [-0.25, -0.2) is 0 Å². The predicted octanol–water partition coefficient (Wildman–Crippen LogP) is 2.55. The van der Waals surface area contributed by atoms with Gasteiger partial charge in [-0.1, -0.05) is 13.8 Å². The second-order valence-electron chi connectivity index (χ2n) is 5.78. The minimum atomic E-state index is 0.0928. The monoisotopic (exact) mass is 261 g/mol. The number of likely N-dealkylation sites (tertiary alicyclic amines) is 1. The Kier molecular flexibility index (Phi) is 4.08. The van der Waals surface area contributed by atoms with Crippen molar-refractivity contribution >= 4 is 11.6 Å². The number of hydrogen-bond donors (Lipinski definition) is 1. The summed E-state index contributed by atoms with van der Waals surface area (Å²) in [4.78, 5) is 18.8. The first kappa shape index (κ1) is 13.8. The van der Waals surface area contributed by atoms with Crippen molar-refractivity contribution in [1.29, 1.82) is 0 Å². The lowest BCUT2D eigenvalue weighted by atomic mass is 9.91. The summed E-state index contributed by atoms with van der Waals surface area (Å²) in [6.45, 7) is 8.05. The van der Waals surface area contributed by atoms with E-state index >= 15 is 0 Å². The molecule has 1 amide bonds. The molecule has 1 aromatic heterocycles. The van der Waals surface area contributed by atoms with Crippen molar-refractivity contribution in [1.82, 2.24) is 9.88 Å². The molecule has 0 spiro atoms. The van der Waals surface area contributed by atoms with Crippen LogP contribution in [0, 0.1) is 18.8 Å². The summed E-state index contributed by atoms with van der Waals surface area (Å²) in [6.07, 6.45) is 2.89. The van der Waals surface area contributed by atoms with Crippen LogP contribution in [0.2, 0.25) is 0 Å². The molecule has 4 heteroatoms. The Morgan fingerprint density at radius 1 is 1.37 bits per heavy atom. The van der Waals surface area contributed by atoms with Crippen molar-refractivity contribution in [3.63, 3.8) is 0 Å². The summed E-state index contributed by atoms with van der Waals surface area (Å²) in [5, 5.41) is 3.09. The first-order valence-electron chi connectivity index (χ1n) is 6.95. The third-order valence-corrected chi connectivity index (χ3v) is 3.70. The van der Waals surface area contributed by atoms with Crippen LogP contribution in [0.25, 0.3) is 0 Å². The number of aryl methyl sites for hydroxylation is 1. The standard InChI is InChI=1S/C15H23N3O/c1-10-5-11(2)9-18(8-10)15(19)13-7-17-12(3)6-14(13)16-4/h6-7,10-11H,5,8-9H2,1-4H3,(H,16,17). The lowest BCUT2D eigenvalue weighted by molar-refractivity contribution is 0.0623. The molecule has 0 bridgehead atoms. The molecule has 2 atom stereocenters. The van der Waals surface area contributed by atoms with Crippen LogP contribution in [-0.4, -0.2) is 35.9 Å². The molecule has 1 fully saturated rings. The van der Waals surface area contributed by atoms with Crippen molar-refractivity contribution in [2.75, 3.05) is 25.5 Å². The van der Waals surface area contributed by atoms with Gasteiger partial charge in [0.15, 0.2) is 0 Å². The summed E-state index contributed by atoms with van der Waals surface area (Å²) in [6, 6.07) is 1.92. The van der Waals surface area contributed by atoms with Crippen molar-refractivity contribution in [3.8, 4) is 0 Å². The molecule has 1 aliphatic heterocycles. The van der Waals surface area contributed by atoms with Gasteiger partial charge in [0, 0.05) is 32.0 Å². The molecule has 2 rings (SSSR count). The second-order valence-corrected chi connectivity index (χ2v) is 5.78. The number of nitrogens with zero attached hydrogens (tertiary/aromatic N) is 2. The van der Waals surface area contributed by atoms with Gasteiger partial charge in [0.25, 0.3) is 5.91 Å². The van der Waals surface area contributed by atoms with E-state index in [1.54, 1.807) is 6.20 Å². The van der Waals surface area contributed by atoms with E-state index in [2.05, 4.69) is 24.1 Å². The molecule has 2 unspecified atom stereocenters. The van der Waals surface area contributed by atoms with Crippen LogP contribution in [0.1, 0.15) is 36.3 Å². The maximum absolute atomic E-state index is 12.6. The summed E-state index contributed by atoms with van der Waals surface area (Å²) in [5.74, 6) is 1.24. The SMILES string of the molecule is CNc1cc(C)ncc1C(=O)N1CC(C)CC(C)C1. The Morgan fingerprint density at radius 2 is 2.00 bits per heavy atom. The highest BCUT2D eigenvalue weighted by atomic mass is 16.2. The van der Waals surface area contributed by atoms with E-state index in [1.165, 1.54) is 6.42 Å². The Hall–Kier alpha value is -1.58. The molecule has 0 aromatic carbocycles. The molecular formula is C15H23N3O. The van der Waals surface area contributed by atoms with Gasteiger partial charge in [-0.2, -0.15) is 0 Å². The van der Waals surface area contributed by atoms with Crippen LogP contribution in [0.15, 0.2) is 12.3 Å². The number of hydrogen-bond acceptors (Lipinski definition) is 3. The fourth-order valence-electron chi connectivity index (χ4n) is 2.94. The summed E-state index contributed by atoms with van der Waals surface area (Å²) in [7, 11) is 1.84. The summed E-state index contributed by atoms with van der Waals surface area (Å²) in [5.41, 5.74) is 2.46. The van der Waals surface area contributed by atoms with Gasteiger partial charge in [-0.15, -0.1) is 0 Å². The van der Waals surface area contributed by atoms with Crippen LogP contribution in [-0.2, 0) is 0 Å². The van der Waals surface area contributed by atoms with Crippen molar-refractivity contribution in [3.05, 3.63) is 23.5 Å². The van der Waals surface area contributed by atoms with E-state index in [-0.39, 0.29) is 5.91 Å². The summed E-state index contributed by atoms with van der Waals surface area (Å²) >= 11 is 0. The minimum absolute atomic E-state index is 0.0928. The Morgan fingerprint density at radius 3 is 2.58 bits per heavy atom. The number of anilines is 1. The first-order chi connectivity index (χ1) is 9.01. The van der Waals surface area contributed by atoms with Crippen LogP contribution >= 0.6 is 0 Å². The third-order valence-electron chi connectivity index (χ3n) is 3.70. The second kappa shape index (κ2) is 5.59. The molecule has 2 heterocycles. The molecular weight excluding hydrogens is 238 g/mol. The highest BCUT2D eigenvalue weighted by Crippen LogP contribution is 2.24. The molecule has 4 nitrogen and oxygen atoms in total. The highest BCUT2D eigenvalue weighted by Gasteiger charge is 2.27. The lowest BCUT2D eigenvalue weighted by Gasteiger charge is -2.35. The van der Waals surface area contributed by atoms with Crippen LogP contribution in [0.3, 0.4) is 0 Å². The van der Waals surface area contributed by atoms with E-state index < -0.39 is 0 Å². The zero-order valence-electron chi connectivity index (χ0n) is 12.2. The van der Waals surface area contributed by atoms with E-state index in [1.807, 2.05) is 24.9 Å². The molecule has 1 aromatic rings. The number of amides is 1. The summed E-state index contributed by atoms with van der Waals surface area (Å²) < 4.78 is 0. The smallest absolute Gasteiger partial charge is 0.257 e. The lowest BCUT2D eigenvalue weighted by Crippen LogP contribution is -2.42. The van der Waals surface area contributed by atoms with Gasteiger partial charge in [0.1, 0.15) is 0 Å². The van der Waals surface area contributed by atoms with Gasteiger partial charge in [0.2, 0.25) is 0 Å². The molecule has 1 saturated heterocycles. The average Bonchev–Trinajstić information content (AvgIpc) is 2.36.